The average Bonchev–Trinajstić information content (AvgIpc) is 3.20. The Kier molecular flexibility index (Phi) is 4.43. The van der Waals surface area contributed by atoms with E-state index in [1.54, 1.807) is 12.1 Å². The normalized spacial score (nSPS) is 18.9. The third-order valence-corrected chi connectivity index (χ3v) is 4.23. The van der Waals surface area contributed by atoms with Crippen LogP contribution < -0.4 is 5.32 Å². The number of nitrogens with one attached hydrogen (secondary N) is 1. The predicted molar refractivity (Wildman–Crippen MR) is 74.5 cm³/mol. The molecule has 0 amide bonds. The molecule has 0 bridgehead atoms. The first-order chi connectivity index (χ1) is 9.35. The highest BCUT2D eigenvalue weighted by Crippen LogP contribution is 2.47. The van der Waals surface area contributed by atoms with Gasteiger partial charge in [-0.05, 0) is 54.8 Å². The van der Waals surface area contributed by atoms with Crippen molar-refractivity contribution in [3.63, 3.8) is 0 Å². The van der Waals surface area contributed by atoms with Gasteiger partial charge in [0.05, 0.1) is 5.56 Å². The van der Waals surface area contributed by atoms with Crippen LogP contribution in [0.4, 0.5) is 13.2 Å². The molecule has 1 unspecified atom stereocenters. The number of halogens is 3. The Morgan fingerprint density at radius 1 is 1.15 bits per heavy atom. The van der Waals surface area contributed by atoms with E-state index >= 15 is 0 Å². The molecule has 1 aliphatic carbocycles. The van der Waals surface area contributed by atoms with E-state index in [9.17, 15) is 13.2 Å². The van der Waals surface area contributed by atoms with Crippen molar-refractivity contribution in [3.8, 4) is 0 Å². The van der Waals surface area contributed by atoms with E-state index in [2.05, 4.69) is 19.2 Å². The maximum absolute atomic E-state index is 12.6. The number of hydrogen-bond donors (Lipinski definition) is 1. The van der Waals surface area contributed by atoms with Gasteiger partial charge in [0.15, 0.2) is 0 Å². The first-order valence-electron chi connectivity index (χ1n) is 7.22. The lowest BCUT2D eigenvalue weighted by Gasteiger charge is -2.30. The Labute approximate surface area is 118 Å². The van der Waals surface area contributed by atoms with E-state index < -0.39 is 11.7 Å². The summed E-state index contributed by atoms with van der Waals surface area (Å²) in [4.78, 5) is 0. The predicted octanol–water partition coefficient (Wildman–Crippen LogP) is 4.27. The highest BCUT2D eigenvalue weighted by atomic mass is 19.4. The van der Waals surface area contributed by atoms with Gasteiger partial charge in [0.25, 0.3) is 0 Å². The van der Waals surface area contributed by atoms with E-state index in [-0.39, 0.29) is 5.41 Å². The van der Waals surface area contributed by atoms with Crippen LogP contribution in [0, 0.1) is 11.3 Å². The number of alkyl halides is 3. The van der Waals surface area contributed by atoms with Gasteiger partial charge in [0.1, 0.15) is 0 Å². The summed E-state index contributed by atoms with van der Waals surface area (Å²) in [7, 11) is 0. The molecule has 0 spiro atoms. The lowest BCUT2D eigenvalue weighted by atomic mass is 9.78. The lowest BCUT2D eigenvalue weighted by molar-refractivity contribution is -0.137. The Hall–Kier alpha value is -1.03. The zero-order chi connectivity index (χ0) is 14.8. The smallest absolute Gasteiger partial charge is 0.316 e. The van der Waals surface area contributed by atoms with Crippen molar-refractivity contribution in [3.05, 3.63) is 35.4 Å². The molecule has 0 aliphatic heterocycles. The molecule has 1 N–H and O–H groups in total. The number of hydrogen-bond acceptors (Lipinski definition) is 1. The number of rotatable bonds is 6. The van der Waals surface area contributed by atoms with Gasteiger partial charge in [-0.1, -0.05) is 26.0 Å². The molecule has 1 atom stereocenters. The zero-order valence-electron chi connectivity index (χ0n) is 12.1. The summed E-state index contributed by atoms with van der Waals surface area (Å²) >= 11 is 0. The van der Waals surface area contributed by atoms with Crippen LogP contribution in [0.25, 0.3) is 0 Å². The summed E-state index contributed by atoms with van der Waals surface area (Å²) in [6, 6.07) is 5.62. The fourth-order valence-electron chi connectivity index (χ4n) is 2.82. The van der Waals surface area contributed by atoms with Crippen molar-refractivity contribution >= 4 is 0 Å². The fourth-order valence-corrected chi connectivity index (χ4v) is 2.82. The van der Waals surface area contributed by atoms with Crippen LogP contribution in [0.1, 0.15) is 37.8 Å². The summed E-state index contributed by atoms with van der Waals surface area (Å²) in [5, 5.41) is 3.39. The molecule has 0 radical (unpaired) electrons. The van der Waals surface area contributed by atoms with Crippen molar-refractivity contribution in [1.82, 2.24) is 5.32 Å². The van der Waals surface area contributed by atoms with Crippen molar-refractivity contribution in [1.29, 1.82) is 0 Å². The Morgan fingerprint density at radius 2 is 1.75 bits per heavy atom. The van der Waals surface area contributed by atoms with Gasteiger partial charge < -0.3 is 5.32 Å². The minimum atomic E-state index is -4.25. The highest BCUT2D eigenvalue weighted by Gasteiger charge is 2.41. The van der Waals surface area contributed by atoms with Crippen LogP contribution in [0.3, 0.4) is 0 Å². The second-order valence-corrected chi connectivity index (χ2v) is 6.08. The molecule has 1 fully saturated rings. The molecule has 0 saturated heterocycles. The van der Waals surface area contributed by atoms with Gasteiger partial charge in [-0.2, -0.15) is 13.2 Å². The molecule has 0 aromatic heterocycles. The number of benzene rings is 1. The molecule has 1 saturated carbocycles. The molecule has 1 aromatic rings. The Bertz CT molecular complexity index is 434. The van der Waals surface area contributed by atoms with Gasteiger partial charge in [0.2, 0.25) is 0 Å². The molecule has 20 heavy (non-hydrogen) atoms. The first-order valence-corrected chi connectivity index (χ1v) is 7.22. The molecule has 112 valence electrons. The van der Waals surface area contributed by atoms with Crippen molar-refractivity contribution in [2.24, 2.45) is 11.3 Å². The topological polar surface area (TPSA) is 12.0 Å². The van der Waals surface area contributed by atoms with Crippen molar-refractivity contribution in [2.45, 2.75) is 39.3 Å². The monoisotopic (exact) mass is 285 g/mol. The summed E-state index contributed by atoms with van der Waals surface area (Å²) < 4.78 is 37.7. The molecule has 1 aliphatic rings. The Morgan fingerprint density at radius 3 is 2.20 bits per heavy atom. The van der Waals surface area contributed by atoms with E-state index in [0.29, 0.717) is 5.92 Å². The third kappa shape index (κ3) is 3.75. The molecular formula is C16H22F3N. The second kappa shape index (κ2) is 5.76. The third-order valence-electron chi connectivity index (χ3n) is 4.23. The van der Waals surface area contributed by atoms with Crippen LogP contribution in [-0.2, 0) is 12.6 Å². The second-order valence-electron chi connectivity index (χ2n) is 6.08. The van der Waals surface area contributed by atoms with Crippen LogP contribution in [0.5, 0.6) is 0 Å². The van der Waals surface area contributed by atoms with E-state index in [1.807, 2.05) is 0 Å². The fraction of sp³-hybridized carbons (Fsp3) is 0.625. The standard InChI is InChI=1S/C16H22F3N/c1-3-20-11-15(2,13-8-9-13)10-12-4-6-14(7-5-12)16(17,18)19/h4-7,13,20H,3,8-11H2,1-2H3. The van der Waals surface area contributed by atoms with Gasteiger partial charge in [0, 0.05) is 6.54 Å². The zero-order valence-corrected chi connectivity index (χ0v) is 12.1. The van der Waals surface area contributed by atoms with Crippen LogP contribution >= 0.6 is 0 Å². The van der Waals surface area contributed by atoms with Crippen LogP contribution in [-0.4, -0.2) is 13.1 Å². The lowest BCUT2D eigenvalue weighted by Crippen LogP contribution is -2.35. The Balaban J connectivity index is 2.07. The minimum Gasteiger partial charge on any atom is -0.316 e. The molecule has 4 heteroatoms. The molecule has 0 heterocycles. The maximum Gasteiger partial charge on any atom is 0.416 e. The van der Waals surface area contributed by atoms with Crippen molar-refractivity contribution < 1.29 is 13.2 Å². The maximum atomic E-state index is 12.6. The minimum absolute atomic E-state index is 0.149. The van der Waals surface area contributed by atoms with Crippen molar-refractivity contribution in [2.75, 3.05) is 13.1 Å². The van der Waals surface area contributed by atoms with E-state index in [4.69, 9.17) is 0 Å². The summed E-state index contributed by atoms with van der Waals surface area (Å²) in [5.41, 5.74) is 0.571. The van der Waals surface area contributed by atoms with Crippen LogP contribution in [0.2, 0.25) is 0 Å². The molecule has 1 aromatic carbocycles. The van der Waals surface area contributed by atoms with Gasteiger partial charge in [-0.15, -0.1) is 0 Å². The SMILES string of the molecule is CCNCC(C)(Cc1ccc(C(F)(F)F)cc1)C1CC1. The van der Waals surface area contributed by atoms with Crippen LogP contribution in [0.15, 0.2) is 24.3 Å². The van der Waals surface area contributed by atoms with Gasteiger partial charge in [-0.25, -0.2) is 0 Å². The van der Waals surface area contributed by atoms with E-state index in [1.165, 1.54) is 25.0 Å². The van der Waals surface area contributed by atoms with E-state index in [0.717, 1.165) is 25.1 Å². The molecular weight excluding hydrogens is 263 g/mol. The average molecular weight is 285 g/mol. The van der Waals surface area contributed by atoms with Gasteiger partial charge >= 0.3 is 6.18 Å². The highest BCUT2D eigenvalue weighted by molar-refractivity contribution is 5.25. The molecule has 2 rings (SSSR count). The summed E-state index contributed by atoms with van der Waals surface area (Å²) in [6.07, 6.45) is -0.935. The first kappa shape index (κ1) is 15.4. The quantitative estimate of drug-likeness (QED) is 0.823. The summed E-state index contributed by atoms with van der Waals surface area (Å²) in [6.45, 7) is 6.17. The van der Waals surface area contributed by atoms with Gasteiger partial charge in [-0.3, -0.25) is 0 Å². The largest absolute Gasteiger partial charge is 0.416 e. The molecule has 1 nitrogen and oxygen atoms in total. The summed E-state index contributed by atoms with van der Waals surface area (Å²) in [5.74, 6) is 0.698.